The van der Waals surface area contributed by atoms with Crippen molar-refractivity contribution in [3.63, 3.8) is 0 Å². The van der Waals surface area contributed by atoms with E-state index in [1.54, 1.807) is 37.3 Å². The molecule has 1 aliphatic heterocycles. The van der Waals surface area contributed by atoms with Crippen molar-refractivity contribution in [3.05, 3.63) is 75.1 Å². The standard InChI is InChI=1S/C24H20N2O7/c1-12-4-6-18-19(8-12)23(30)26(22(18)29)13(2)24(31)32-11-15-9-21(28)33-20-10-16(25-14(3)27)5-7-17(15)20/h4-10,13H,11H2,1-3H3,(H,25,27). The summed E-state index contributed by atoms with van der Waals surface area (Å²) in [5.41, 5.74) is 1.70. The van der Waals surface area contributed by atoms with Crippen molar-refractivity contribution in [1.82, 2.24) is 4.90 Å². The monoisotopic (exact) mass is 448 g/mol. The molecule has 0 saturated heterocycles. The van der Waals surface area contributed by atoms with Crippen LogP contribution in [0.4, 0.5) is 5.69 Å². The smallest absolute Gasteiger partial charge is 0.336 e. The third kappa shape index (κ3) is 4.12. The predicted molar refractivity (Wildman–Crippen MR) is 118 cm³/mol. The number of amides is 3. The maximum absolute atomic E-state index is 12.7. The highest BCUT2D eigenvalue weighted by molar-refractivity contribution is 6.22. The SMILES string of the molecule is CC(=O)Nc1ccc2c(COC(=O)C(C)N3C(=O)c4ccc(C)cc4C3=O)cc(=O)oc2c1. The third-order valence-corrected chi connectivity index (χ3v) is 5.32. The van der Waals surface area contributed by atoms with E-state index in [-0.39, 0.29) is 29.2 Å². The first-order valence-corrected chi connectivity index (χ1v) is 10.2. The minimum Gasteiger partial charge on any atom is -0.459 e. The summed E-state index contributed by atoms with van der Waals surface area (Å²) in [6.07, 6.45) is 0. The van der Waals surface area contributed by atoms with E-state index in [0.717, 1.165) is 10.5 Å². The number of nitrogens with one attached hydrogen (secondary N) is 1. The summed E-state index contributed by atoms with van der Waals surface area (Å²) in [7, 11) is 0. The fourth-order valence-corrected chi connectivity index (χ4v) is 3.73. The highest BCUT2D eigenvalue weighted by Crippen LogP contribution is 2.27. The van der Waals surface area contributed by atoms with Crippen molar-refractivity contribution < 1.29 is 28.3 Å². The van der Waals surface area contributed by atoms with E-state index in [0.29, 0.717) is 16.6 Å². The zero-order valence-electron chi connectivity index (χ0n) is 18.1. The van der Waals surface area contributed by atoms with Gasteiger partial charge in [0.1, 0.15) is 18.2 Å². The van der Waals surface area contributed by atoms with Gasteiger partial charge in [0, 0.05) is 35.7 Å². The number of fused-ring (bicyclic) bond motifs is 2. The lowest BCUT2D eigenvalue weighted by atomic mass is 10.1. The van der Waals surface area contributed by atoms with E-state index >= 15 is 0 Å². The maximum Gasteiger partial charge on any atom is 0.336 e. The van der Waals surface area contributed by atoms with Crippen LogP contribution in [0.5, 0.6) is 0 Å². The van der Waals surface area contributed by atoms with Crippen molar-refractivity contribution in [2.45, 2.75) is 33.4 Å². The molecule has 0 fully saturated rings. The van der Waals surface area contributed by atoms with Crippen molar-refractivity contribution >= 4 is 40.3 Å². The Morgan fingerprint density at radius 3 is 2.48 bits per heavy atom. The quantitative estimate of drug-likeness (QED) is 0.362. The van der Waals surface area contributed by atoms with Gasteiger partial charge in [0.05, 0.1) is 11.1 Å². The molecular weight excluding hydrogens is 428 g/mol. The third-order valence-electron chi connectivity index (χ3n) is 5.32. The molecule has 1 unspecified atom stereocenters. The van der Waals surface area contributed by atoms with Gasteiger partial charge in [-0.15, -0.1) is 0 Å². The Bertz CT molecular complexity index is 1390. The molecule has 2 heterocycles. The first-order chi connectivity index (χ1) is 15.7. The topological polar surface area (TPSA) is 123 Å². The van der Waals surface area contributed by atoms with E-state index in [2.05, 4.69) is 5.32 Å². The zero-order valence-corrected chi connectivity index (χ0v) is 18.1. The molecule has 0 spiro atoms. The molecule has 1 aliphatic rings. The number of hydrogen-bond acceptors (Lipinski definition) is 7. The number of nitrogens with zero attached hydrogens (tertiary/aromatic N) is 1. The molecule has 168 valence electrons. The fourth-order valence-electron chi connectivity index (χ4n) is 3.73. The molecule has 0 aliphatic carbocycles. The van der Waals surface area contributed by atoms with Gasteiger partial charge in [0.25, 0.3) is 11.8 Å². The van der Waals surface area contributed by atoms with Crippen molar-refractivity contribution in [3.8, 4) is 0 Å². The summed E-state index contributed by atoms with van der Waals surface area (Å²) in [6, 6.07) is 9.68. The van der Waals surface area contributed by atoms with Gasteiger partial charge in [0.2, 0.25) is 5.91 Å². The molecule has 2 aromatic carbocycles. The lowest BCUT2D eigenvalue weighted by Crippen LogP contribution is -2.43. The summed E-state index contributed by atoms with van der Waals surface area (Å²) < 4.78 is 10.5. The Balaban J connectivity index is 1.53. The van der Waals surface area contributed by atoms with Crippen LogP contribution in [0.1, 0.15) is 45.7 Å². The van der Waals surface area contributed by atoms with Gasteiger partial charge in [-0.3, -0.25) is 19.3 Å². The number of imide groups is 1. The lowest BCUT2D eigenvalue weighted by Gasteiger charge is -2.21. The van der Waals surface area contributed by atoms with Gasteiger partial charge in [-0.25, -0.2) is 9.59 Å². The molecule has 1 atom stereocenters. The van der Waals surface area contributed by atoms with E-state index in [1.165, 1.54) is 26.0 Å². The first-order valence-electron chi connectivity index (χ1n) is 10.2. The molecule has 4 rings (SSSR count). The normalized spacial score (nSPS) is 13.7. The van der Waals surface area contributed by atoms with Gasteiger partial charge in [-0.1, -0.05) is 11.6 Å². The maximum atomic E-state index is 12.7. The second kappa shape index (κ2) is 8.34. The van der Waals surface area contributed by atoms with Crippen LogP contribution in [0.25, 0.3) is 11.0 Å². The van der Waals surface area contributed by atoms with Crippen LogP contribution in [0, 0.1) is 6.92 Å². The number of benzene rings is 2. The van der Waals surface area contributed by atoms with Gasteiger partial charge in [-0.2, -0.15) is 0 Å². The average molecular weight is 448 g/mol. The molecule has 9 nitrogen and oxygen atoms in total. The number of esters is 1. The number of hydrogen-bond donors (Lipinski definition) is 1. The molecule has 1 N–H and O–H groups in total. The highest BCUT2D eigenvalue weighted by Gasteiger charge is 2.41. The van der Waals surface area contributed by atoms with Crippen molar-refractivity contribution in [1.29, 1.82) is 0 Å². The molecule has 33 heavy (non-hydrogen) atoms. The number of anilines is 1. The molecule has 0 saturated carbocycles. The number of ether oxygens (including phenoxy) is 1. The number of carbonyl (C=O) groups excluding carboxylic acids is 4. The number of aryl methyl sites for hydroxylation is 1. The van der Waals surface area contributed by atoms with Crippen LogP contribution in [0.3, 0.4) is 0 Å². The molecule has 3 amide bonds. The molecule has 0 bridgehead atoms. The Hall–Kier alpha value is -4.27. The Kier molecular flexibility index (Phi) is 5.55. The number of rotatable bonds is 5. The van der Waals surface area contributed by atoms with E-state index in [1.807, 2.05) is 0 Å². The van der Waals surface area contributed by atoms with Gasteiger partial charge in [-0.05, 0) is 38.1 Å². The van der Waals surface area contributed by atoms with Crippen LogP contribution in [-0.4, -0.2) is 34.6 Å². The summed E-state index contributed by atoms with van der Waals surface area (Å²) >= 11 is 0. The summed E-state index contributed by atoms with van der Waals surface area (Å²) in [4.78, 5) is 62.2. The van der Waals surface area contributed by atoms with Crippen molar-refractivity contribution in [2.75, 3.05) is 5.32 Å². The second-order valence-corrected chi connectivity index (χ2v) is 7.80. The van der Waals surface area contributed by atoms with E-state index < -0.39 is 29.5 Å². The Labute approximate surface area is 187 Å². The van der Waals surface area contributed by atoms with Crippen LogP contribution in [0.2, 0.25) is 0 Å². The van der Waals surface area contributed by atoms with Crippen LogP contribution in [0.15, 0.2) is 51.7 Å². The molecular formula is C24H20N2O7. The zero-order chi connectivity index (χ0) is 23.9. The molecule has 9 heteroatoms. The summed E-state index contributed by atoms with van der Waals surface area (Å²) in [5.74, 6) is -2.19. The van der Waals surface area contributed by atoms with E-state index in [4.69, 9.17) is 9.15 Å². The van der Waals surface area contributed by atoms with Gasteiger partial charge >= 0.3 is 11.6 Å². The fraction of sp³-hybridized carbons (Fsp3) is 0.208. The minimum absolute atomic E-state index is 0.212. The summed E-state index contributed by atoms with van der Waals surface area (Å²) in [6.45, 7) is 4.30. The van der Waals surface area contributed by atoms with Gasteiger partial charge < -0.3 is 14.5 Å². The predicted octanol–water partition coefficient (Wildman–Crippen LogP) is 2.79. The minimum atomic E-state index is -1.16. The van der Waals surface area contributed by atoms with Crippen LogP contribution < -0.4 is 10.9 Å². The van der Waals surface area contributed by atoms with Crippen LogP contribution in [-0.2, 0) is 20.9 Å². The highest BCUT2D eigenvalue weighted by atomic mass is 16.5. The van der Waals surface area contributed by atoms with Crippen LogP contribution >= 0.6 is 0 Å². The average Bonchev–Trinajstić information content (AvgIpc) is 2.99. The molecule has 1 aromatic heterocycles. The van der Waals surface area contributed by atoms with Gasteiger partial charge in [0.15, 0.2) is 0 Å². The first kappa shape index (κ1) is 21.9. The largest absolute Gasteiger partial charge is 0.459 e. The number of carbonyl (C=O) groups is 4. The van der Waals surface area contributed by atoms with Crippen molar-refractivity contribution in [2.24, 2.45) is 0 Å². The van der Waals surface area contributed by atoms with E-state index in [9.17, 15) is 24.0 Å². The molecule has 0 radical (unpaired) electrons. The Morgan fingerprint density at radius 2 is 1.76 bits per heavy atom. The Morgan fingerprint density at radius 1 is 1.03 bits per heavy atom. The molecule has 3 aromatic rings. The second-order valence-electron chi connectivity index (χ2n) is 7.80. The lowest BCUT2D eigenvalue weighted by molar-refractivity contribution is -0.149. The summed E-state index contributed by atoms with van der Waals surface area (Å²) in [5, 5.41) is 3.11.